The predicted octanol–water partition coefficient (Wildman–Crippen LogP) is 2.14. The van der Waals surface area contributed by atoms with Crippen LogP contribution in [-0.4, -0.2) is 53.9 Å². The Hall–Kier alpha value is -2.78. The first-order valence-electron chi connectivity index (χ1n) is 8.50. The molecule has 142 valence electrons. The number of thiazole rings is 1. The van der Waals surface area contributed by atoms with Crippen molar-refractivity contribution in [1.82, 2.24) is 15.2 Å². The van der Waals surface area contributed by atoms with E-state index in [4.69, 9.17) is 4.74 Å². The topological polar surface area (TPSA) is 101 Å². The molecule has 2 N–H and O–H groups in total. The number of hydrogen-bond acceptors (Lipinski definition) is 6. The summed E-state index contributed by atoms with van der Waals surface area (Å²) in [7, 11) is 0. The zero-order valence-corrected chi connectivity index (χ0v) is 15.7. The second-order valence-electron chi connectivity index (χ2n) is 5.97. The molecule has 0 bridgehead atoms. The van der Waals surface area contributed by atoms with Gasteiger partial charge in [-0.3, -0.25) is 9.59 Å². The Bertz CT molecular complexity index is 828. The Morgan fingerprint density at radius 1 is 1.19 bits per heavy atom. The van der Waals surface area contributed by atoms with Gasteiger partial charge in [-0.1, -0.05) is 0 Å². The number of benzene rings is 1. The lowest BCUT2D eigenvalue weighted by atomic mass is 10.1. The number of aromatic nitrogens is 1. The van der Waals surface area contributed by atoms with E-state index >= 15 is 0 Å². The first-order valence-corrected chi connectivity index (χ1v) is 9.38. The number of carbonyl (C=O) groups excluding carboxylic acids is 3. The molecule has 0 radical (unpaired) electrons. The summed E-state index contributed by atoms with van der Waals surface area (Å²) in [5.41, 5.74) is 1.56. The maximum Gasteiger partial charge on any atom is 0.319 e. The van der Waals surface area contributed by atoms with E-state index in [1.165, 1.54) is 18.3 Å². The standard InChI is InChI=1S/C18H20N4O4S/c1-12(23)13-2-4-14(5-3-13)20-18(25)19-10-16-21-15(11-27-16)17(24)22-6-8-26-9-7-22/h2-5,11H,6-10H2,1H3,(H2,19,20,25). The molecule has 27 heavy (non-hydrogen) atoms. The highest BCUT2D eigenvalue weighted by Gasteiger charge is 2.20. The van der Waals surface area contributed by atoms with Crippen molar-refractivity contribution in [2.45, 2.75) is 13.5 Å². The van der Waals surface area contributed by atoms with Crippen LogP contribution in [0.3, 0.4) is 0 Å². The minimum atomic E-state index is -0.387. The minimum absolute atomic E-state index is 0.0304. The van der Waals surface area contributed by atoms with Gasteiger partial charge in [0.1, 0.15) is 10.7 Å². The molecule has 0 saturated carbocycles. The summed E-state index contributed by atoms with van der Waals surface area (Å²) in [6.45, 7) is 3.92. The molecule has 1 fully saturated rings. The number of hydrogen-bond donors (Lipinski definition) is 2. The maximum atomic E-state index is 12.4. The number of nitrogens with one attached hydrogen (secondary N) is 2. The fourth-order valence-corrected chi connectivity index (χ4v) is 3.25. The number of Topliss-reactive ketones (excluding diaryl/α,β-unsaturated/α-hetero) is 1. The van der Waals surface area contributed by atoms with E-state index in [0.717, 1.165) is 0 Å². The van der Waals surface area contributed by atoms with Gasteiger partial charge < -0.3 is 20.3 Å². The monoisotopic (exact) mass is 388 g/mol. The Morgan fingerprint density at radius 3 is 2.56 bits per heavy atom. The van der Waals surface area contributed by atoms with E-state index in [9.17, 15) is 14.4 Å². The molecular weight excluding hydrogens is 368 g/mol. The molecule has 0 atom stereocenters. The quantitative estimate of drug-likeness (QED) is 0.765. The van der Waals surface area contributed by atoms with E-state index in [2.05, 4.69) is 15.6 Å². The summed E-state index contributed by atoms with van der Waals surface area (Å²) >= 11 is 1.33. The molecule has 1 aromatic carbocycles. The molecule has 2 heterocycles. The third-order valence-corrected chi connectivity index (χ3v) is 4.87. The highest BCUT2D eigenvalue weighted by Crippen LogP contribution is 2.13. The van der Waals surface area contributed by atoms with E-state index in [0.29, 0.717) is 48.3 Å². The fourth-order valence-electron chi connectivity index (χ4n) is 2.54. The second-order valence-corrected chi connectivity index (χ2v) is 6.91. The van der Waals surface area contributed by atoms with Crippen LogP contribution in [0.4, 0.5) is 10.5 Å². The predicted molar refractivity (Wildman–Crippen MR) is 101 cm³/mol. The Labute approximate surface area is 160 Å². The lowest BCUT2D eigenvalue weighted by molar-refractivity contribution is 0.0299. The first kappa shape index (κ1) is 19.0. The average molecular weight is 388 g/mol. The van der Waals surface area contributed by atoms with Crippen molar-refractivity contribution < 1.29 is 19.1 Å². The molecule has 1 aromatic heterocycles. The molecule has 0 spiro atoms. The van der Waals surface area contributed by atoms with Gasteiger partial charge in [0.2, 0.25) is 0 Å². The maximum absolute atomic E-state index is 12.4. The van der Waals surface area contributed by atoms with Crippen molar-refractivity contribution in [3.05, 3.63) is 45.9 Å². The van der Waals surface area contributed by atoms with Gasteiger partial charge in [-0.15, -0.1) is 11.3 Å². The van der Waals surface area contributed by atoms with Crippen LogP contribution in [0, 0.1) is 0 Å². The number of urea groups is 1. The van der Waals surface area contributed by atoms with E-state index < -0.39 is 0 Å². The molecule has 1 aliphatic rings. The zero-order chi connectivity index (χ0) is 19.2. The lowest BCUT2D eigenvalue weighted by Crippen LogP contribution is -2.40. The van der Waals surface area contributed by atoms with Crippen molar-refractivity contribution in [2.24, 2.45) is 0 Å². The van der Waals surface area contributed by atoms with Crippen LogP contribution >= 0.6 is 11.3 Å². The highest BCUT2D eigenvalue weighted by atomic mass is 32.1. The van der Waals surface area contributed by atoms with Crippen LogP contribution in [0.15, 0.2) is 29.6 Å². The summed E-state index contributed by atoms with van der Waals surface area (Å²) in [6, 6.07) is 6.25. The molecule has 3 amide bonds. The van der Waals surface area contributed by atoms with Gasteiger partial charge in [0.05, 0.1) is 19.8 Å². The number of morpholine rings is 1. The van der Waals surface area contributed by atoms with Crippen LogP contribution in [-0.2, 0) is 11.3 Å². The lowest BCUT2D eigenvalue weighted by Gasteiger charge is -2.25. The second kappa shape index (κ2) is 8.74. The van der Waals surface area contributed by atoms with Gasteiger partial charge in [0, 0.05) is 29.7 Å². The van der Waals surface area contributed by atoms with Crippen molar-refractivity contribution in [2.75, 3.05) is 31.6 Å². The largest absolute Gasteiger partial charge is 0.378 e. The summed E-state index contributed by atoms with van der Waals surface area (Å²) in [5, 5.41) is 7.74. The van der Waals surface area contributed by atoms with Gasteiger partial charge in [-0.25, -0.2) is 9.78 Å². The van der Waals surface area contributed by atoms with E-state index in [-0.39, 0.29) is 24.3 Å². The van der Waals surface area contributed by atoms with Crippen LogP contribution in [0.1, 0.15) is 32.8 Å². The van der Waals surface area contributed by atoms with Gasteiger partial charge in [-0.2, -0.15) is 0 Å². The number of rotatable bonds is 5. The Morgan fingerprint density at radius 2 is 1.89 bits per heavy atom. The number of nitrogens with zero attached hydrogens (tertiary/aromatic N) is 2. The van der Waals surface area contributed by atoms with Crippen LogP contribution in [0.2, 0.25) is 0 Å². The number of amides is 3. The normalized spacial score (nSPS) is 13.9. The summed E-state index contributed by atoms with van der Waals surface area (Å²) < 4.78 is 5.24. The van der Waals surface area contributed by atoms with Gasteiger partial charge in [-0.05, 0) is 31.2 Å². The van der Waals surface area contributed by atoms with Gasteiger partial charge in [0.25, 0.3) is 5.91 Å². The van der Waals surface area contributed by atoms with Crippen LogP contribution in [0.25, 0.3) is 0 Å². The van der Waals surface area contributed by atoms with Crippen molar-refractivity contribution in [3.8, 4) is 0 Å². The molecule has 3 rings (SSSR count). The molecule has 0 unspecified atom stereocenters. The molecule has 0 aliphatic carbocycles. The number of ketones is 1. The number of anilines is 1. The minimum Gasteiger partial charge on any atom is -0.378 e. The molecule has 9 heteroatoms. The molecule has 1 saturated heterocycles. The fraction of sp³-hybridized carbons (Fsp3) is 0.333. The molecular formula is C18H20N4O4S. The Balaban J connectivity index is 1.49. The highest BCUT2D eigenvalue weighted by molar-refractivity contribution is 7.09. The number of ether oxygens (including phenoxy) is 1. The average Bonchev–Trinajstić information content (AvgIpc) is 3.16. The van der Waals surface area contributed by atoms with E-state index in [1.807, 2.05) is 0 Å². The van der Waals surface area contributed by atoms with Crippen molar-refractivity contribution >= 4 is 34.7 Å². The first-order chi connectivity index (χ1) is 13.0. The number of carbonyl (C=O) groups is 3. The van der Waals surface area contributed by atoms with Crippen LogP contribution in [0.5, 0.6) is 0 Å². The summed E-state index contributed by atoms with van der Waals surface area (Å²) in [4.78, 5) is 41.6. The van der Waals surface area contributed by atoms with Gasteiger partial charge in [0.15, 0.2) is 5.78 Å². The zero-order valence-electron chi connectivity index (χ0n) is 14.9. The van der Waals surface area contributed by atoms with E-state index in [1.54, 1.807) is 34.5 Å². The smallest absolute Gasteiger partial charge is 0.319 e. The molecule has 1 aliphatic heterocycles. The molecule has 2 aromatic rings. The van der Waals surface area contributed by atoms with Crippen LogP contribution < -0.4 is 10.6 Å². The summed E-state index contributed by atoms with van der Waals surface area (Å²) in [5.74, 6) is -0.145. The summed E-state index contributed by atoms with van der Waals surface area (Å²) in [6.07, 6.45) is 0. The third kappa shape index (κ3) is 5.11. The third-order valence-electron chi connectivity index (χ3n) is 4.02. The van der Waals surface area contributed by atoms with Gasteiger partial charge >= 0.3 is 6.03 Å². The SMILES string of the molecule is CC(=O)c1ccc(NC(=O)NCc2nc(C(=O)N3CCOCC3)cs2)cc1. The van der Waals surface area contributed by atoms with Crippen molar-refractivity contribution in [1.29, 1.82) is 0 Å². The Kier molecular flexibility index (Phi) is 6.15. The molecule has 8 nitrogen and oxygen atoms in total. The van der Waals surface area contributed by atoms with Crippen molar-refractivity contribution in [3.63, 3.8) is 0 Å².